The molecule has 104 valence electrons. The first kappa shape index (κ1) is 15.0. The molecule has 0 spiro atoms. The van der Waals surface area contributed by atoms with Crippen LogP contribution in [0.3, 0.4) is 0 Å². The van der Waals surface area contributed by atoms with E-state index in [1.807, 2.05) is 6.92 Å². The third-order valence-corrected chi connectivity index (χ3v) is 2.06. The average Bonchev–Trinajstić information content (AvgIpc) is 2.30. The van der Waals surface area contributed by atoms with Crippen molar-refractivity contribution in [2.45, 2.75) is 25.9 Å². The van der Waals surface area contributed by atoms with Crippen molar-refractivity contribution in [2.75, 3.05) is 5.32 Å². The summed E-state index contributed by atoms with van der Waals surface area (Å²) in [4.78, 5) is 21.8. The minimum atomic E-state index is -4.94. The Hall–Kier alpha value is -2.05. The Morgan fingerprint density at radius 1 is 1.21 bits per heavy atom. The highest BCUT2D eigenvalue weighted by Crippen LogP contribution is 2.20. The van der Waals surface area contributed by atoms with Crippen LogP contribution in [0, 0.1) is 0 Å². The first-order valence-corrected chi connectivity index (χ1v) is 5.52. The van der Waals surface area contributed by atoms with E-state index in [9.17, 15) is 22.8 Å². The normalized spacial score (nSPS) is 10.9. The number of hydrogen-bond donors (Lipinski definition) is 1. The molecule has 1 rings (SSSR count). The summed E-state index contributed by atoms with van der Waals surface area (Å²) < 4.78 is 40.9. The number of hydrogen-bond acceptors (Lipinski definition) is 3. The van der Waals surface area contributed by atoms with Crippen LogP contribution in [0.2, 0.25) is 0 Å². The summed E-state index contributed by atoms with van der Waals surface area (Å²) in [6.07, 6.45) is -4.04. The van der Waals surface area contributed by atoms with Gasteiger partial charge in [-0.05, 0) is 30.7 Å². The van der Waals surface area contributed by atoms with Crippen molar-refractivity contribution < 1.29 is 27.5 Å². The second-order valence-electron chi connectivity index (χ2n) is 3.70. The van der Waals surface area contributed by atoms with Crippen LogP contribution in [-0.2, 0) is 9.59 Å². The van der Waals surface area contributed by atoms with Crippen molar-refractivity contribution in [3.05, 3.63) is 24.3 Å². The van der Waals surface area contributed by atoms with E-state index in [2.05, 4.69) is 0 Å². The van der Waals surface area contributed by atoms with Crippen LogP contribution in [0.5, 0.6) is 5.75 Å². The average molecular weight is 275 g/mol. The number of carbonyl (C=O) groups is 2. The maximum absolute atomic E-state index is 12.0. The van der Waals surface area contributed by atoms with E-state index in [0.717, 1.165) is 0 Å². The zero-order valence-electron chi connectivity index (χ0n) is 10.1. The third kappa shape index (κ3) is 4.99. The number of alkyl halides is 3. The highest BCUT2D eigenvalue weighted by Gasteiger charge is 2.38. The molecule has 7 heteroatoms. The highest BCUT2D eigenvalue weighted by atomic mass is 19.4. The van der Waals surface area contributed by atoms with Gasteiger partial charge < -0.3 is 10.1 Å². The number of esters is 1. The Balaban J connectivity index is 2.62. The van der Waals surface area contributed by atoms with E-state index in [-0.39, 0.29) is 17.9 Å². The molecule has 0 bridgehead atoms. The summed E-state index contributed by atoms with van der Waals surface area (Å²) >= 11 is 0. The molecule has 1 amide bonds. The van der Waals surface area contributed by atoms with Crippen LogP contribution in [-0.4, -0.2) is 18.1 Å². The van der Waals surface area contributed by atoms with Crippen LogP contribution in [0.15, 0.2) is 24.3 Å². The number of anilines is 1. The molecule has 0 saturated carbocycles. The predicted octanol–water partition coefficient (Wildman–Crippen LogP) is 2.89. The number of nitrogens with one attached hydrogen (secondary N) is 1. The highest BCUT2D eigenvalue weighted by molar-refractivity contribution is 5.94. The summed E-state index contributed by atoms with van der Waals surface area (Å²) in [7, 11) is 0. The van der Waals surface area contributed by atoms with Crippen LogP contribution < -0.4 is 10.1 Å². The molecule has 1 N–H and O–H groups in total. The molecule has 0 unspecified atom stereocenters. The first-order valence-electron chi connectivity index (χ1n) is 5.52. The number of halogens is 3. The molecule has 1 aromatic carbocycles. The standard InChI is InChI=1S/C12H12F3NO3/c1-2-3-10(17)19-9-6-4-8(5-7-9)16-11(18)12(13,14)15/h4-7H,2-3H2,1H3,(H,16,18). The molecule has 0 aliphatic heterocycles. The van der Waals surface area contributed by atoms with Crippen molar-refractivity contribution >= 4 is 17.6 Å². The van der Waals surface area contributed by atoms with E-state index >= 15 is 0 Å². The monoisotopic (exact) mass is 275 g/mol. The summed E-state index contributed by atoms with van der Waals surface area (Å²) in [5.74, 6) is -2.26. The fourth-order valence-corrected chi connectivity index (χ4v) is 1.19. The van der Waals surface area contributed by atoms with E-state index < -0.39 is 18.1 Å². The molecule has 0 radical (unpaired) electrons. The Kier molecular flexibility index (Phi) is 4.91. The second-order valence-corrected chi connectivity index (χ2v) is 3.70. The smallest absolute Gasteiger partial charge is 0.427 e. The van der Waals surface area contributed by atoms with Crippen LogP contribution in [0.25, 0.3) is 0 Å². The van der Waals surface area contributed by atoms with Gasteiger partial charge in [0, 0.05) is 12.1 Å². The quantitative estimate of drug-likeness (QED) is 0.679. The van der Waals surface area contributed by atoms with Gasteiger partial charge >= 0.3 is 18.1 Å². The first-order chi connectivity index (χ1) is 8.82. The van der Waals surface area contributed by atoms with Crippen molar-refractivity contribution in [3.63, 3.8) is 0 Å². The molecule has 0 aromatic heterocycles. The Morgan fingerprint density at radius 3 is 2.26 bits per heavy atom. The molecule has 0 aliphatic rings. The lowest BCUT2D eigenvalue weighted by Gasteiger charge is -2.08. The topological polar surface area (TPSA) is 55.4 Å². The number of ether oxygens (including phenoxy) is 1. The Labute approximate surface area is 107 Å². The Bertz CT molecular complexity index is 454. The Morgan fingerprint density at radius 2 is 1.79 bits per heavy atom. The van der Waals surface area contributed by atoms with Gasteiger partial charge in [0.25, 0.3) is 0 Å². The third-order valence-electron chi connectivity index (χ3n) is 2.06. The summed E-state index contributed by atoms with van der Waals surface area (Å²) in [6.45, 7) is 1.82. The predicted molar refractivity (Wildman–Crippen MR) is 61.7 cm³/mol. The van der Waals surface area contributed by atoms with E-state index in [1.165, 1.54) is 24.3 Å². The molecular weight excluding hydrogens is 263 g/mol. The zero-order chi connectivity index (χ0) is 14.5. The molecule has 0 fully saturated rings. The summed E-state index contributed by atoms with van der Waals surface area (Å²) in [5.41, 5.74) is -0.0300. The number of benzene rings is 1. The molecule has 0 saturated heterocycles. The molecule has 4 nitrogen and oxygen atoms in total. The summed E-state index contributed by atoms with van der Waals surface area (Å²) in [5, 5.41) is 1.68. The lowest BCUT2D eigenvalue weighted by Crippen LogP contribution is -2.29. The summed E-state index contributed by atoms with van der Waals surface area (Å²) in [6, 6.07) is 5.05. The van der Waals surface area contributed by atoms with Crippen molar-refractivity contribution in [1.29, 1.82) is 0 Å². The van der Waals surface area contributed by atoms with Gasteiger partial charge in [0.15, 0.2) is 0 Å². The SMILES string of the molecule is CCCC(=O)Oc1ccc(NC(=O)C(F)(F)F)cc1. The van der Waals surface area contributed by atoms with Crippen LogP contribution >= 0.6 is 0 Å². The van der Waals surface area contributed by atoms with E-state index in [1.54, 1.807) is 5.32 Å². The number of rotatable bonds is 4. The van der Waals surface area contributed by atoms with E-state index in [4.69, 9.17) is 4.74 Å². The van der Waals surface area contributed by atoms with Crippen molar-refractivity contribution in [2.24, 2.45) is 0 Å². The lowest BCUT2D eigenvalue weighted by molar-refractivity contribution is -0.167. The molecule has 0 heterocycles. The minimum absolute atomic E-state index is 0.0300. The second kappa shape index (κ2) is 6.21. The van der Waals surface area contributed by atoms with Crippen molar-refractivity contribution in [3.8, 4) is 5.75 Å². The van der Waals surface area contributed by atoms with Gasteiger partial charge in [-0.2, -0.15) is 13.2 Å². The lowest BCUT2D eigenvalue weighted by atomic mass is 10.3. The van der Waals surface area contributed by atoms with E-state index in [0.29, 0.717) is 6.42 Å². The molecule has 0 atom stereocenters. The molecule has 19 heavy (non-hydrogen) atoms. The fraction of sp³-hybridized carbons (Fsp3) is 0.333. The molecular formula is C12H12F3NO3. The van der Waals surface area contributed by atoms with Gasteiger partial charge in [-0.1, -0.05) is 6.92 Å². The zero-order valence-corrected chi connectivity index (χ0v) is 10.1. The van der Waals surface area contributed by atoms with Gasteiger partial charge in [-0.25, -0.2) is 0 Å². The van der Waals surface area contributed by atoms with Gasteiger partial charge in [-0.3, -0.25) is 9.59 Å². The maximum atomic E-state index is 12.0. The molecule has 1 aromatic rings. The number of carbonyl (C=O) groups excluding carboxylic acids is 2. The van der Waals surface area contributed by atoms with Crippen LogP contribution in [0.1, 0.15) is 19.8 Å². The van der Waals surface area contributed by atoms with Gasteiger partial charge in [0.05, 0.1) is 0 Å². The van der Waals surface area contributed by atoms with Gasteiger partial charge in [-0.15, -0.1) is 0 Å². The minimum Gasteiger partial charge on any atom is -0.427 e. The maximum Gasteiger partial charge on any atom is 0.471 e. The van der Waals surface area contributed by atoms with Gasteiger partial charge in [0.1, 0.15) is 5.75 Å². The fourth-order valence-electron chi connectivity index (χ4n) is 1.19. The number of amides is 1. The van der Waals surface area contributed by atoms with Crippen LogP contribution in [0.4, 0.5) is 18.9 Å². The van der Waals surface area contributed by atoms with Gasteiger partial charge in [0.2, 0.25) is 0 Å². The van der Waals surface area contributed by atoms with Crippen molar-refractivity contribution in [1.82, 2.24) is 0 Å². The molecule has 0 aliphatic carbocycles. The largest absolute Gasteiger partial charge is 0.471 e.